The Bertz CT molecular complexity index is 578. The highest BCUT2D eigenvalue weighted by Crippen LogP contribution is 2.27. The Hall–Kier alpha value is -1.94. The maximum absolute atomic E-state index is 5.37. The highest BCUT2D eigenvalue weighted by molar-refractivity contribution is 5.37. The lowest BCUT2D eigenvalue weighted by Gasteiger charge is -2.20. The van der Waals surface area contributed by atoms with E-state index in [9.17, 15) is 0 Å². The number of nitrogens with zero attached hydrogens (tertiary/aromatic N) is 2. The zero-order valence-corrected chi connectivity index (χ0v) is 13.2. The van der Waals surface area contributed by atoms with Crippen LogP contribution in [0.1, 0.15) is 41.8 Å². The summed E-state index contributed by atoms with van der Waals surface area (Å²) in [6.45, 7) is 7.29. The van der Waals surface area contributed by atoms with Crippen LogP contribution in [-0.2, 0) is 0 Å². The topological polar surface area (TPSA) is 47.0 Å². The summed E-state index contributed by atoms with van der Waals surface area (Å²) in [5, 5.41) is 3.55. The molecule has 0 aliphatic carbocycles. The molecule has 0 aliphatic rings. The molecule has 0 spiro atoms. The van der Waals surface area contributed by atoms with Gasteiger partial charge < -0.3 is 10.1 Å². The largest absolute Gasteiger partial charge is 0.480 e. The fourth-order valence-electron chi connectivity index (χ4n) is 2.53. The minimum absolute atomic E-state index is 0.00722. The molecule has 1 aromatic carbocycles. The fraction of sp³-hybridized carbons (Fsp3) is 0.412. The maximum atomic E-state index is 5.37. The molecule has 1 N–H and O–H groups in total. The zero-order chi connectivity index (χ0) is 15.2. The van der Waals surface area contributed by atoms with Crippen molar-refractivity contribution in [3.63, 3.8) is 0 Å². The molecule has 0 bridgehead atoms. The minimum atomic E-state index is -0.00722. The van der Waals surface area contributed by atoms with Crippen molar-refractivity contribution in [2.45, 2.75) is 33.2 Å². The quantitative estimate of drug-likeness (QED) is 0.885. The van der Waals surface area contributed by atoms with E-state index in [2.05, 4.69) is 54.3 Å². The molecule has 0 fully saturated rings. The molecule has 4 nitrogen and oxygen atoms in total. The summed E-state index contributed by atoms with van der Waals surface area (Å²) < 4.78 is 5.37. The number of nitrogens with one attached hydrogen (secondary N) is 1. The lowest BCUT2D eigenvalue weighted by Crippen LogP contribution is -2.25. The van der Waals surface area contributed by atoms with E-state index in [1.165, 1.54) is 16.7 Å². The zero-order valence-electron chi connectivity index (χ0n) is 13.2. The van der Waals surface area contributed by atoms with E-state index in [0.717, 1.165) is 18.7 Å². The van der Waals surface area contributed by atoms with Gasteiger partial charge in [-0.2, -0.15) is 0 Å². The molecule has 2 aromatic rings. The van der Waals surface area contributed by atoms with Crippen LogP contribution in [0, 0.1) is 13.8 Å². The number of hydrogen-bond acceptors (Lipinski definition) is 4. The number of aromatic nitrogens is 2. The first-order valence-electron chi connectivity index (χ1n) is 7.32. The standard InChI is InChI=1S/C17H23N3O/c1-5-6-18-15(14-10-12(2)9-13(3)11-14)16-17(21-4)20-8-7-19-16/h7-11,15,18H,5-6H2,1-4H3. The third-order valence-electron chi connectivity index (χ3n) is 3.33. The van der Waals surface area contributed by atoms with Crippen LogP contribution in [0.3, 0.4) is 0 Å². The second-order valence-corrected chi connectivity index (χ2v) is 5.26. The van der Waals surface area contributed by atoms with Crippen molar-refractivity contribution in [1.82, 2.24) is 15.3 Å². The van der Waals surface area contributed by atoms with Crippen molar-refractivity contribution in [1.29, 1.82) is 0 Å². The maximum Gasteiger partial charge on any atom is 0.237 e. The Morgan fingerprint density at radius 3 is 2.38 bits per heavy atom. The van der Waals surface area contributed by atoms with Gasteiger partial charge in [0.2, 0.25) is 5.88 Å². The highest BCUT2D eigenvalue weighted by atomic mass is 16.5. The number of methoxy groups -OCH3 is 1. The molecule has 4 heteroatoms. The molecule has 21 heavy (non-hydrogen) atoms. The van der Waals surface area contributed by atoms with Crippen LogP contribution >= 0.6 is 0 Å². The molecule has 0 saturated carbocycles. The normalized spacial score (nSPS) is 12.2. The van der Waals surface area contributed by atoms with Crippen molar-refractivity contribution in [2.24, 2.45) is 0 Å². The molecule has 2 rings (SSSR count). The van der Waals surface area contributed by atoms with E-state index in [4.69, 9.17) is 4.74 Å². The average Bonchev–Trinajstić information content (AvgIpc) is 2.47. The minimum Gasteiger partial charge on any atom is -0.480 e. The van der Waals surface area contributed by atoms with E-state index in [1.54, 1.807) is 19.5 Å². The summed E-state index contributed by atoms with van der Waals surface area (Å²) in [6, 6.07) is 6.55. The fourth-order valence-corrected chi connectivity index (χ4v) is 2.53. The van der Waals surface area contributed by atoms with Gasteiger partial charge in [-0.3, -0.25) is 4.98 Å². The van der Waals surface area contributed by atoms with Crippen molar-refractivity contribution in [3.05, 3.63) is 53.0 Å². The van der Waals surface area contributed by atoms with Gasteiger partial charge in [0.1, 0.15) is 5.69 Å². The smallest absolute Gasteiger partial charge is 0.237 e. The number of ether oxygens (including phenoxy) is 1. The number of rotatable bonds is 6. The first kappa shape index (κ1) is 15.4. The molecule has 112 valence electrons. The van der Waals surface area contributed by atoms with Gasteiger partial charge in [0.15, 0.2) is 0 Å². The Labute approximate surface area is 126 Å². The Kier molecular flexibility index (Phi) is 5.28. The van der Waals surface area contributed by atoms with Crippen LogP contribution in [0.5, 0.6) is 5.88 Å². The highest BCUT2D eigenvalue weighted by Gasteiger charge is 2.20. The van der Waals surface area contributed by atoms with Gasteiger partial charge in [-0.25, -0.2) is 4.98 Å². The summed E-state index contributed by atoms with van der Waals surface area (Å²) in [6.07, 6.45) is 4.42. The number of hydrogen-bond donors (Lipinski definition) is 1. The van der Waals surface area contributed by atoms with E-state index in [0.29, 0.717) is 5.88 Å². The summed E-state index contributed by atoms with van der Waals surface area (Å²) in [5.74, 6) is 0.574. The molecule has 0 saturated heterocycles. The Balaban J connectivity index is 2.46. The summed E-state index contributed by atoms with van der Waals surface area (Å²) in [7, 11) is 1.63. The molecule has 0 aliphatic heterocycles. The van der Waals surface area contributed by atoms with Gasteiger partial charge in [0, 0.05) is 12.4 Å². The van der Waals surface area contributed by atoms with Crippen molar-refractivity contribution >= 4 is 0 Å². The molecule has 0 radical (unpaired) electrons. The summed E-state index contributed by atoms with van der Waals surface area (Å²) in [5.41, 5.74) is 4.52. The van der Waals surface area contributed by atoms with Crippen LogP contribution in [0.15, 0.2) is 30.6 Å². The lowest BCUT2D eigenvalue weighted by atomic mass is 9.99. The molecule has 1 aromatic heterocycles. The Morgan fingerprint density at radius 1 is 1.10 bits per heavy atom. The van der Waals surface area contributed by atoms with Crippen LogP contribution in [-0.4, -0.2) is 23.6 Å². The summed E-state index contributed by atoms with van der Waals surface area (Å²) >= 11 is 0. The first-order chi connectivity index (χ1) is 10.2. The van der Waals surface area contributed by atoms with Gasteiger partial charge in [0.05, 0.1) is 13.2 Å². The molecule has 0 amide bonds. The van der Waals surface area contributed by atoms with E-state index in [1.807, 2.05) is 0 Å². The van der Waals surface area contributed by atoms with Gasteiger partial charge in [0.25, 0.3) is 0 Å². The van der Waals surface area contributed by atoms with Crippen molar-refractivity contribution in [3.8, 4) is 5.88 Å². The molecular weight excluding hydrogens is 262 g/mol. The lowest BCUT2D eigenvalue weighted by molar-refractivity contribution is 0.382. The molecule has 1 unspecified atom stereocenters. The predicted octanol–water partition coefficient (Wildman–Crippen LogP) is 3.19. The van der Waals surface area contributed by atoms with Crippen molar-refractivity contribution < 1.29 is 4.74 Å². The van der Waals surface area contributed by atoms with E-state index < -0.39 is 0 Å². The Morgan fingerprint density at radius 2 is 1.76 bits per heavy atom. The monoisotopic (exact) mass is 285 g/mol. The second-order valence-electron chi connectivity index (χ2n) is 5.26. The molecule has 1 atom stereocenters. The van der Waals surface area contributed by atoms with Gasteiger partial charge in [-0.05, 0) is 32.4 Å². The third kappa shape index (κ3) is 3.79. The molecule has 1 heterocycles. The number of benzene rings is 1. The molecular formula is C17H23N3O. The second kappa shape index (κ2) is 7.18. The SMILES string of the molecule is CCCNC(c1cc(C)cc(C)c1)c1nccnc1OC. The average molecular weight is 285 g/mol. The summed E-state index contributed by atoms with van der Waals surface area (Å²) in [4.78, 5) is 8.76. The van der Waals surface area contributed by atoms with Gasteiger partial charge >= 0.3 is 0 Å². The number of aryl methyl sites for hydroxylation is 2. The van der Waals surface area contributed by atoms with E-state index in [-0.39, 0.29) is 6.04 Å². The van der Waals surface area contributed by atoms with E-state index >= 15 is 0 Å². The van der Waals surface area contributed by atoms with Crippen LogP contribution in [0.25, 0.3) is 0 Å². The first-order valence-corrected chi connectivity index (χ1v) is 7.32. The van der Waals surface area contributed by atoms with Gasteiger partial charge in [-0.1, -0.05) is 36.2 Å². The van der Waals surface area contributed by atoms with Crippen LogP contribution in [0.2, 0.25) is 0 Å². The van der Waals surface area contributed by atoms with Crippen LogP contribution in [0.4, 0.5) is 0 Å². The predicted molar refractivity (Wildman–Crippen MR) is 84.6 cm³/mol. The van der Waals surface area contributed by atoms with Crippen LogP contribution < -0.4 is 10.1 Å². The van der Waals surface area contributed by atoms with Gasteiger partial charge in [-0.15, -0.1) is 0 Å². The van der Waals surface area contributed by atoms with Crippen molar-refractivity contribution in [2.75, 3.05) is 13.7 Å². The third-order valence-corrected chi connectivity index (χ3v) is 3.33.